The number of fused-ring (bicyclic) bond motifs is 3. The van der Waals surface area contributed by atoms with Gasteiger partial charge in [-0.25, -0.2) is 4.99 Å². The van der Waals surface area contributed by atoms with E-state index in [9.17, 15) is 0 Å². The Morgan fingerprint density at radius 3 is 2.64 bits per heavy atom. The summed E-state index contributed by atoms with van der Waals surface area (Å²) in [6, 6.07) is 17.7. The van der Waals surface area contributed by atoms with Gasteiger partial charge in [0.15, 0.2) is 0 Å². The first kappa shape index (κ1) is 13.2. The van der Waals surface area contributed by atoms with Crippen molar-refractivity contribution in [3.05, 3.63) is 77.1 Å². The Bertz CT molecular complexity index is 878. The minimum atomic E-state index is 0.712. The number of methoxy groups -OCH3 is 1. The van der Waals surface area contributed by atoms with Crippen LogP contribution in [0.4, 0.5) is 5.69 Å². The summed E-state index contributed by atoms with van der Waals surface area (Å²) in [4.78, 5) is 4.81. The topological polar surface area (TPSA) is 26.5 Å². The molecule has 1 aliphatic heterocycles. The lowest BCUT2D eigenvalue weighted by Crippen LogP contribution is -1.97. The largest absolute Gasteiger partial charge is 0.497 e. The fraction of sp³-hybridized carbons (Fsp3) is 0.0556. The van der Waals surface area contributed by atoms with E-state index < -0.39 is 0 Å². The second-order valence-corrected chi connectivity index (χ2v) is 5.52. The molecule has 0 amide bonds. The van der Waals surface area contributed by atoms with Gasteiger partial charge in [0.25, 0.3) is 0 Å². The Morgan fingerprint density at radius 1 is 1.05 bits per heavy atom. The number of aromatic nitrogens is 1. The van der Waals surface area contributed by atoms with E-state index in [4.69, 9.17) is 21.3 Å². The summed E-state index contributed by atoms with van der Waals surface area (Å²) in [6.45, 7) is 0. The molecule has 22 heavy (non-hydrogen) atoms. The Morgan fingerprint density at radius 2 is 1.86 bits per heavy atom. The molecule has 0 unspecified atom stereocenters. The van der Waals surface area contributed by atoms with Crippen molar-refractivity contribution in [1.29, 1.82) is 0 Å². The van der Waals surface area contributed by atoms with E-state index in [-0.39, 0.29) is 0 Å². The SMILES string of the molecule is COc1ccc2c(c1)-n1cccc1C2=Nc1ccc(Cl)cc1. The van der Waals surface area contributed by atoms with Crippen LogP contribution in [0.1, 0.15) is 11.3 Å². The third-order valence-electron chi connectivity index (χ3n) is 3.78. The lowest BCUT2D eigenvalue weighted by molar-refractivity contribution is 0.414. The summed E-state index contributed by atoms with van der Waals surface area (Å²) in [5.74, 6) is 0.839. The van der Waals surface area contributed by atoms with Gasteiger partial charge in [-0.05, 0) is 48.5 Å². The van der Waals surface area contributed by atoms with E-state index in [0.717, 1.165) is 34.1 Å². The first-order chi connectivity index (χ1) is 10.8. The van der Waals surface area contributed by atoms with Crippen molar-refractivity contribution in [3.63, 3.8) is 0 Å². The van der Waals surface area contributed by atoms with Crippen LogP contribution < -0.4 is 4.74 Å². The number of nitrogens with zero attached hydrogens (tertiary/aromatic N) is 2. The highest BCUT2D eigenvalue weighted by atomic mass is 35.5. The zero-order valence-corrected chi connectivity index (χ0v) is 12.7. The first-order valence-electron chi connectivity index (χ1n) is 6.97. The number of halogens is 1. The van der Waals surface area contributed by atoms with Crippen molar-refractivity contribution in [2.24, 2.45) is 4.99 Å². The second-order valence-electron chi connectivity index (χ2n) is 5.08. The average Bonchev–Trinajstić information content (AvgIpc) is 3.12. The molecule has 4 heteroatoms. The number of rotatable bonds is 2. The number of hydrogen-bond donors (Lipinski definition) is 0. The summed E-state index contributed by atoms with van der Waals surface area (Å²) in [5.41, 5.74) is 5.12. The minimum Gasteiger partial charge on any atom is -0.497 e. The highest BCUT2D eigenvalue weighted by Gasteiger charge is 2.24. The summed E-state index contributed by atoms with van der Waals surface area (Å²) < 4.78 is 7.46. The predicted molar refractivity (Wildman–Crippen MR) is 89.1 cm³/mol. The van der Waals surface area contributed by atoms with Crippen LogP contribution in [-0.4, -0.2) is 17.4 Å². The standard InChI is InChI=1S/C18H13ClN2O/c1-22-14-8-9-15-17(11-14)21-10-2-3-16(21)18(15)20-13-6-4-12(19)5-7-13/h2-11H,1H3. The third-order valence-corrected chi connectivity index (χ3v) is 4.03. The molecule has 3 nitrogen and oxygen atoms in total. The van der Waals surface area contributed by atoms with Gasteiger partial charge < -0.3 is 9.30 Å². The third kappa shape index (κ3) is 2.02. The van der Waals surface area contributed by atoms with Gasteiger partial charge in [-0.3, -0.25) is 0 Å². The molecule has 0 saturated heterocycles. The zero-order chi connectivity index (χ0) is 15.1. The van der Waals surface area contributed by atoms with Crippen LogP contribution in [0.25, 0.3) is 5.69 Å². The molecule has 0 saturated carbocycles. The number of ether oxygens (including phenoxy) is 1. The lowest BCUT2D eigenvalue weighted by atomic mass is 10.1. The van der Waals surface area contributed by atoms with Crippen LogP contribution in [-0.2, 0) is 0 Å². The maximum Gasteiger partial charge on any atom is 0.120 e. The second kappa shape index (κ2) is 5.04. The van der Waals surface area contributed by atoms with Crippen molar-refractivity contribution in [1.82, 2.24) is 4.57 Å². The summed E-state index contributed by atoms with van der Waals surface area (Å²) in [7, 11) is 1.68. The van der Waals surface area contributed by atoms with Crippen LogP contribution >= 0.6 is 11.6 Å². The molecule has 0 bridgehead atoms. The maximum atomic E-state index is 5.94. The Labute approximate surface area is 133 Å². The van der Waals surface area contributed by atoms with E-state index in [2.05, 4.69) is 16.7 Å². The molecule has 1 aliphatic rings. The molecular weight excluding hydrogens is 296 g/mol. The lowest BCUT2D eigenvalue weighted by Gasteiger charge is -2.05. The Hall–Kier alpha value is -2.52. The number of benzene rings is 2. The fourth-order valence-corrected chi connectivity index (χ4v) is 2.85. The van der Waals surface area contributed by atoms with Crippen molar-refractivity contribution in [2.45, 2.75) is 0 Å². The van der Waals surface area contributed by atoms with Gasteiger partial charge in [-0.2, -0.15) is 0 Å². The highest BCUT2D eigenvalue weighted by Crippen LogP contribution is 2.33. The van der Waals surface area contributed by atoms with E-state index in [1.165, 1.54) is 0 Å². The van der Waals surface area contributed by atoms with Gasteiger partial charge in [0.05, 0.1) is 29.9 Å². The van der Waals surface area contributed by atoms with Crippen molar-refractivity contribution in [3.8, 4) is 11.4 Å². The van der Waals surface area contributed by atoms with Crippen LogP contribution in [0.2, 0.25) is 5.02 Å². The Kier molecular flexibility index (Phi) is 3.01. The number of hydrogen-bond acceptors (Lipinski definition) is 2. The minimum absolute atomic E-state index is 0.712. The van der Waals surface area contributed by atoms with Gasteiger partial charge in [-0.15, -0.1) is 0 Å². The number of aliphatic imine (C=N–C) groups is 1. The summed E-state index contributed by atoms with van der Waals surface area (Å²) >= 11 is 5.94. The van der Waals surface area contributed by atoms with Crippen molar-refractivity contribution < 1.29 is 4.74 Å². The molecule has 3 aromatic rings. The predicted octanol–water partition coefficient (Wildman–Crippen LogP) is 4.62. The molecule has 0 fully saturated rings. The quantitative estimate of drug-likeness (QED) is 0.530. The van der Waals surface area contributed by atoms with E-state index >= 15 is 0 Å². The van der Waals surface area contributed by atoms with Gasteiger partial charge >= 0.3 is 0 Å². The molecule has 0 radical (unpaired) electrons. The zero-order valence-electron chi connectivity index (χ0n) is 12.0. The van der Waals surface area contributed by atoms with Gasteiger partial charge in [-0.1, -0.05) is 11.6 Å². The molecule has 2 aromatic carbocycles. The molecule has 2 heterocycles. The maximum absolute atomic E-state index is 5.94. The molecule has 4 rings (SSSR count). The van der Waals surface area contributed by atoms with Crippen LogP contribution in [0.3, 0.4) is 0 Å². The van der Waals surface area contributed by atoms with Crippen molar-refractivity contribution >= 4 is 23.0 Å². The molecule has 1 aromatic heterocycles. The van der Waals surface area contributed by atoms with Gasteiger partial charge in [0, 0.05) is 22.8 Å². The van der Waals surface area contributed by atoms with Crippen LogP contribution in [0.15, 0.2) is 65.8 Å². The molecular formula is C18H13ClN2O. The molecule has 0 spiro atoms. The molecule has 0 atom stereocenters. The van der Waals surface area contributed by atoms with E-state index in [1.807, 2.05) is 48.7 Å². The van der Waals surface area contributed by atoms with E-state index in [0.29, 0.717) is 5.02 Å². The van der Waals surface area contributed by atoms with Gasteiger partial charge in [0.1, 0.15) is 5.75 Å². The van der Waals surface area contributed by atoms with Crippen LogP contribution in [0, 0.1) is 0 Å². The normalized spacial score (nSPS) is 14.0. The van der Waals surface area contributed by atoms with Gasteiger partial charge in [0.2, 0.25) is 0 Å². The average molecular weight is 309 g/mol. The fourth-order valence-electron chi connectivity index (χ4n) is 2.72. The molecule has 108 valence electrons. The molecule has 0 aliphatic carbocycles. The molecule has 0 N–H and O–H groups in total. The summed E-state index contributed by atoms with van der Waals surface area (Å²) in [5, 5.41) is 0.712. The monoisotopic (exact) mass is 308 g/mol. The first-order valence-corrected chi connectivity index (χ1v) is 7.35. The van der Waals surface area contributed by atoms with Crippen LogP contribution in [0.5, 0.6) is 5.75 Å². The Balaban J connectivity index is 1.90. The van der Waals surface area contributed by atoms with Crippen molar-refractivity contribution in [2.75, 3.05) is 7.11 Å². The van der Waals surface area contributed by atoms with E-state index in [1.54, 1.807) is 7.11 Å². The smallest absolute Gasteiger partial charge is 0.120 e. The summed E-state index contributed by atoms with van der Waals surface area (Å²) in [6.07, 6.45) is 2.04. The highest BCUT2D eigenvalue weighted by molar-refractivity contribution is 6.30.